The fraction of sp³-hybridized carbons (Fsp3) is 0.533. The number of amides is 1. The van der Waals surface area contributed by atoms with Gasteiger partial charge in [0.05, 0.1) is 5.56 Å². The highest BCUT2D eigenvalue weighted by atomic mass is 127. The highest BCUT2D eigenvalue weighted by Crippen LogP contribution is 2.36. The SMILES string of the molecule is O=C(NCC1(CCl)CCCCC1)c1cc(Br)ccc1I. The Balaban J connectivity index is 2.02. The Kier molecular flexibility index (Phi) is 6.17. The molecule has 5 heteroatoms. The minimum absolute atomic E-state index is 0.00855. The Morgan fingerprint density at radius 2 is 2.05 bits per heavy atom. The van der Waals surface area contributed by atoms with Gasteiger partial charge in [0.25, 0.3) is 5.91 Å². The number of alkyl halides is 1. The van der Waals surface area contributed by atoms with Gasteiger partial charge in [0, 0.05) is 25.9 Å². The standard InChI is InChI=1S/C15H18BrClINO/c16-11-4-5-13(18)12(8-11)14(20)19-10-15(9-17)6-2-1-3-7-15/h4-5,8H,1-3,6-7,9-10H2,(H,19,20). The summed E-state index contributed by atoms with van der Waals surface area (Å²) in [5.41, 5.74) is 0.813. The number of hydrogen-bond acceptors (Lipinski definition) is 1. The normalized spacial score (nSPS) is 17.8. The number of carbonyl (C=O) groups excluding carboxylic acids is 1. The van der Waals surface area contributed by atoms with Crippen LogP contribution in [0.2, 0.25) is 0 Å². The zero-order valence-electron chi connectivity index (χ0n) is 11.2. The first-order valence-electron chi connectivity index (χ1n) is 6.86. The Morgan fingerprint density at radius 3 is 2.70 bits per heavy atom. The molecule has 1 aliphatic rings. The summed E-state index contributed by atoms with van der Waals surface area (Å²) in [5, 5.41) is 3.08. The second kappa shape index (κ2) is 7.45. The molecular formula is C15H18BrClINO. The van der Waals surface area contributed by atoms with Crippen molar-refractivity contribution >= 4 is 56.0 Å². The van der Waals surface area contributed by atoms with Gasteiger partial charge in [0.15, 0.2) is 0 Å². The van der Waals surface area contributed by atoms with Gasteiger partial charge in [0.1, 0.15) is 0 Å². The van der Waals surface area contributed by atoms with Gasteiger partial charge in [0.2, 0.25) is 0 Å². The first-order valence-corrected chi connectivity index (χ1v) is 9.26. The smallest absolute Gasteiger partial charge is 0.252 e. The molecule has 0 radical (unpaired) electrons. The fourth-order valence-corrected chi connectivity index (χ4v) is 4.00. The van der Waals surface area contributed by atoms with Crippen molar-refractivity contribution in [2.75, 3.05) is 12.4 Å². The quantitative estimate of drug-likeness (QED) is 0.489. The lowest BCUT2D eigenvalue weighted by molar-refractivity contribution is 0.0920. The first-order chi connectivity index (χ1) is 9.56. The van der Waals surface area contributed by atoms with E-state index in [1.807, 2.05) is 18.2 Å². The van der Waals surface area contributed by atoms with Crippen LogP contribution in [0.1, 0.15) is 42.5 Å². The van der Waals surface area contributed by atoms with Crippen molar-refractivity contribution in [1.29, 1.82) is 0 Å². The molecule has 20 heavy (non-hydrogen) atoms. The van der Waals surface area contributed by atoms with Crippen molar-refractivity contribution in [3.05, 3.63) is 31.8 Å². The highest BCUT2D eigenvalue weighted by Gasteiger charge is 2.31. The van der Waals surface area contributed by atoms with Crippen LogP contribution in [0.15, 0.2) is 22.7 Å². The van der Waals surface area contributed by atoms with Crippen molar-refractivity contribution in [2.24, 2.45) is 5.41 Å². The maximum Gasteiger partial charge on any atom is 0.252 e. The molecule has 1 aromatic rings. The number of rotatable bonds is 4. The second-order valence-corrected chi connectivity index (χ2v) is 7.85. The number of halogens is 3. The molecule has 0 spiro atoms. The molecule has 0 aliphatic heterocycles. The minimum atomic E-state index is -0.00855. The molecule has 2 nitrogen and oxygen atoms in total. The van der Waals surface area contributed by atoms with Crippen LogP contribution in [0, 0.1) is 8.99 Å². The van der Waals surface area contributed by atoms with Crippen LogP contribution in [0.25, 0.3) is 0 Å². The third-order valence-corrected chi connectivity index (χ3v) is 6.00. The Bertz CT molecular complexity index is 489. The molecule has 1 aromatic carbocycles. The lowest BCUT2D eigenvalue weighted by Crippen LogP contribution is -2.40. The second-order valence-electron chi connectivity index (χ2n) is 5.50. The number of hydrogen-bond donors (Lipinski definition) is 1. The maximum absolute atomic E-state index is 12.3. The molecule has 0 saturated heterocycles. The molecule has 0 atom stereocenters. The van der Waals surface area contributed by atoms with Crippen molar-refractivity contribution in [3.63, 3.8) is 0 Å². The van der Waals surface area contributed by atoms with Gasteiger partial charge in [-0.3, -0.25) is 4.79 Å². The topological polar surface area (TPSA) is 29.1 Å². The molecule has 1 fully saturated rings. The average molecular weight is 471 g/mol. The van der Waals surface area contributed by atoms with E-state index in [2.05, 4.69) is 43.8 Å². The van der Waals surface area contributed by atoms with Crippen molar-refractivity contribution in [2.45, 2.75) is 32.1 Å². The fourth-order valence-electron chi connectivity index (χ4n) is 2.69. The maximum atomic E-state index is 12.3. The Labute approximate surface area is 147 Å². The lowest BCUT2D eigenvalue weighted by atomic mass is 9.75. The molecule has 1 N–H and O–H groups in total. The summed E-state index contributed by atoms with van der Waals surface area (Å²) in [4.78, 5) is 12.3. The van der Waals surface area contributed by atoms with Gasteiger partial charge in [-0.25, -0.2) is 0 Å². The van der Waals surface area contributed by atoms with E-state index >= 15 is 0 Å². The molecule has 2 rings (SSSR count). The van der Waals surface area contributed by atoms with Crippen LogP contribution >= 0.6 is 50.1 Å². The van der Waals surface area contributed by atoms with Crippen LogP contribution in [-0.4, -0.2) is 18.3 Å². The van der Waals surface area contributed by atoms with E-state index in [0.29, 0.717) is 12.4 Å². The predicted molar refractivity (Wildman–Crippen MR) is 95.4 cm³/mol. The zero-order valence-corrected chi connectivity index (χ0v) is 15.7. The molecule has 110 valence electrons. The van der Waals surface area contributed by atoms with E-state index < -0.39 is 0 Å². The van der Waals surface area contributed by atoms with Crippen molar-refractivity contribution in [1.82, 2.24) is 5.32 Å². The molecule has 1 amide bonds. The van der Waals surface area contributed by atoms with Crippen LogP contribution in [-0.2, 0) is 0 Å². The molecule has 1 aliphatic carbocycles. The van der Waals surface area contributed by atoms with Gasteiger partial charge >= 0.3 is 0 Å². The van der Waals surface area contributed by atoms with Gasteiger partial charge in [-0.1, -0.05) is 35.2 Å². The predicted octanol–water partition coefficient (Wildman–Crippen LogP) is 4.97. The molecule has 0 aromatic heterocycles. The van der Waals surface area contributed by atoms with E-state index in [-0.39, 0.29) is 11.3 Å². The third-order valence-electron chi connectivity index (χ3n) is 3.99. The van der Waals surface area contributed by atoms with E-state index in [9.17, 15) is 4.79 Å². The summed E-state index contributed by atoms with van der Waals surface area (Å²) in [6, 6.07) is 5.75. The third kappa shape index (κ3) is 4.10. The summed E-state index contributed by atoms with van der Waals surface area (Å²) >= 11 is 11.8. The van der Waals surface area contributed by atoms with Gasteiger partial charge in [-0.05, 0) is 53.6 Å². The van der Waals surface area contributed by atoms with Crippen LogP contribution in [0.4, 0.5) is 0 Å². The summed E-state index contributed by atoms with van der Waals surface area (Å²) in [7, 11) is 0. The molecule has 1 saturated carbocycles. The van der Waals surface area contributed by atoms with Gasteiger partial charge in [-0.2, -0.15) is 0 Å². The Morgan fingerprint density at radius 1 is 1.35 bits per heavy atom. The summed E-state index contributed by atoms with van der Waals surface area (Å²) < 4.78 is 1.89. The summed E-state index contributed by atoms with van der Waals surface area (Å²) in [6.07, 6.45) is 5.96. The van der Waals surface area contributed by atoms with E-state index in [4.69, 9.17) is 11.6 Å². The molecule has 0 heterocycles. The van der Waals surface area contributed by atoms with Crippen molar-refractivity contribution in [3.8, 4) is 0 Å². The number of nitrogens with one attached hydrogen (secondary N) is 1. The summed E-state index contributed by atoms with van der Waals surface area (Å²) in [5.74, 6) is 0.619. The monoisotopic (exact) mass is 469 g/mol. The van der Waals surface area contributed by atoms with Gasteiger partial charge < -0.3 is 5.32 Å². The number of carbonyl (C=O) groups is 1. The molecular weight excluding hydrogens is 452 g/mol. The minimum Gasteiger partial charge on any atom is -0.351 e. The van der Waals surface area contributed by atoms with Crippen LogP contribution in [0.5, 0.6) is 0 Å². The Hall–Kier alpha value is 0.190. The van der Waals surface area contributed by atoms with E-state index in [1.54, 1.807) is 0 Å². The summed E-state index contributed by atoms with van der Waals surface area (Å²) in [6.45, 7) is 0.678. The number of benzene rings is 1. The zero-order chi connectivity index (χ0) is 14.6. The van der Waals surface area contributed by atoms with E-state index in [1.165, 1.54) is 19.3 Å². The van der Waals surface area contributed by atoms with Crippen LogP contribution < -0.4 is 5.32 Å². The lowest BCUT2D eigenvalue weighted by Gasteiger charge is -2.35. The van der Waals surface area contributed by atoms with Crippen molar-refractivity contribution < 1.29 is 4.79 Å². The van der Waals surface area contributed by atoms with Gasteiger partial charge in [-0.15, -0.1) is 11.6 Å². The average Bonchev–Trinajstić information content (AvgIpc) is 2.48. The van der Waals surface area contributed by atoms with Crippen LogP contribution in [0.3, 0.4) is 0 Å². The first kappa shape index (κ1) is 16.6. The molecule has 0 bridgehead atoms. The molecule has 0 unspecified atom stereocenters. The largest absolute Gasteiger partial charge is 0.351 e. The van der Waals surface area contributed by atoms with E-state index in [0.717, 1.165) is 26.4 Å². The highest BCUT2D eigenvalue weighted by molar-refractivity contribution is 14.1.